The molecule has 2 aliphatic rings. The van der Waals surface area contributed by atoms with E-state index in [4.69, 9.17) is 18.9 Å². The molecule has 0 aromatic heterocycles. The third-order valence-corrected chi connectivity index (χ3v) is 3.96. The summed E-state index contributed by atoms with van der Waals surface area (Å²) in [5.41, 5.74) is 0.961. The fourth-order valence-corrected chi connectivity index (χ4v) is 2.93. The summed E-state index contributed by atoms with van der Waals surface area (Å²) in [6.07, 6.45) is -1.66. The molecule has 0 bridgehead atoms. The predicted octanol–water partition coefficient (Wildman–Crippen LogP) is 0.803. The highest BCUT2D eigenvalue weighted by Crippen LogP contribution is 2.39. The van der Waals surface area contributed by atoms with Crippen LogP contribution in [0, 0.1) is 0 Å². The molecular formula is C16H22O6. The number of fused-ring (bicyclic) bond motifs is 1. The van der Waals surface area contributed by atoms with Crippen LogP contribution in [0.3, 0.4) is 0 Å². The molecule has 1 unspecified atom stereocenters. The van der Waals surface area contributed by atoms with Crippen LogP contribution < -0.4 is 0 Å². The van der Waals surface area contributed by atoms with E-state index in [1.54, 1.807) is 13.8 Å². The van der Waals surface area contributed by atoms with Gasteiger partial charge < -0.3 is 29.2 Å². The summed E-state index contributed by atoms with van der Waals surface area (Å²) >= 11 is 0. The first-order valence-corrected chi connectivity index (χ1v) is 7.42. The number of hydrogen-bond donors (Lipinski definition) is 2. The van der Waals surface area contributed by atoms with Crippen molar-refractivity contribution in [3.05, 3.63) is 35.9 Å². The Labute approximate surface area is 129 Å². The van der Waals surface area contributed by atoms with Crippen LogP contribution in [0.15, 0.2) is 30.3 Å². The minimum atomic E-state index is -1.79. The molecule has 2 aliphatic heterocycles. The van der Waals surface area contributed by atoms with Gasteiger partial charge in [0.05, 0.1) is 19.8 Å². The Hall–Kier alpha value is -1.02. The minimum absolute atomic E-state index is 0.149. The van der Waals surface area contributed by atoms with E-state index in [0.717, 1.165) is 5.56 Å². The molecule has 0 radical (unpaired) electrons. The standard InChI is InChI=1S/C16H22O6/c1-15(2)21-12-9-20-16(18,10-17)14(13(12)22-15)19-8-11-6-4-3-5-7-11/h3-7,12-14,17-18H,8-10H2,1-2H3/t12-,13-,14+,16?/m0/s1. The molecule has 1 aromatic rings. The Bertz CT molecular complexity index is 505. The molecule has 6 nitrogen and oxygen atoms in total. The van der Waals surface area contributed by atoms with Crippen LogP contribution >= 0.6 is 0 Å². The normalized spacial score (nSPS) is 37.0. The number of hydrogen-bond acceptors (Lipinski definition) is 6. The number of benzene rings is 1. The topological polar surface area (TPSA) is 77.4 Å². The zero-order valence-corrected chi connectivity index (χ0v) is 12.8. The van der Waals surface area contributed by atoms with E-state index in [2.05, 4.69) is 0 Å². The lowest BCUT2D eigenvalue weighted by Crippen LogP contribution is -2.62. The molecule has 2 heterocycles. The Morgan fingerprint density at radius 2 is 1.95 bits per heavy atom. The highest BCUT2D eigenvalue weighted by molar-refractivity contribution is 5.13. The van der Waals surface area contributed by atoms with Crippen molar-refractivity contribution in [3.63, 3.8) is 0 Å². The van der Waals surface area contributed by atoms with E-state index in [1.165, 1.54) is 0 Å². The molecule has 3 rings (SSSR count). The van der Waals surface area contributed by atoms with Crippen LogP contribution in [0.1, 0.15) is 19.4 Å². The van der Waals surface area contributed by atoms with E-state index >= 15 is 0 Å². The van der Waals surface area contributed by atoms with Gasteiger partial charge in [-0.15, -0.1) is 0 Å². The quantitative estimate of drug-likeness (QED) is 0.857. The number of rotatable bonds is 4. The summed E-state index contributed by atoms with van der Waals surface area (Å²) in [5, 5.41) is 20.0. The molecule has 2 fully saturated rings. The molecule has 4 atom stereocenters. The van der Waals surface area contributed by atoms with Crippen LogP contribution in [0.25, 0.3) is 0 Å². The van der Waals surface area contributed by atoms with Gasteiger partial charge in [-0.2, -0.15) is 0 Å². The maximum Gasteiger partial charge on any atom is 0.219 e. The number of ether oxygens (including phenoxy) is 4. The predicted molar refractivity (Wildman–Crippen MR) is 76.8 cm³/mol. The van der Waals surface area contributed by atoms with Gasteiger partial charge in [0.2, 0.25) is 5.79 Å². The fraction of sp³-hybridized carbons (Fsp3) is 0.625. The molecule has 0 spiro atoms. The van der Waals surface area contributed by atoms with Gasteiger partial charge in [0.1, 0.15) is 18.3 Å². The average Bonchev–Trinajstić information content (AvgIpc) is 2.81. The minimum Gasteiger partial charge on any atom is -0.391 e. The van der Waals surface area contributed by atoms with Crippen LogP contribution in [0.5, 0.6) is 0 Å². The lowest BCUT2D eigenvalue weighted by Gasteiger charge is -2.42. The van der Waals surface area contributed by atoms with E-state index in [1.807, 2.05) is 30.3 Å². The molecule has 6 heteroatoms. The van der Waals surface area contributed by atoms with Crippen molar-refractivity contribution in [1.82, 2.24) is 0 Å². The first-order chi connectivity index (χ1) is 10.4. The van der Waals surface area contributed by atoms with Gasteiger partial charge in [-0.3, -0.25) is 0 Å². The lowest BCUT2D eigenvalue weighted by molar-refractivity contribution is -0.329. The zero-order chi connectivity index (χ0) is 15.8. The van der Waals surface area contributed by atoms with Crippen LogP contribution in [0.4, 0.5) is 0 Å². The molecule has 1 aromatic carbocycles. The Kier molecular flexibility index (Phi) is 4.24. The SMILES string of the molecule is CC1(C)O[C@H]2[C@H](COC(O)(CO)[C@@H]2OCc2ccccc2)O1. The largest absolute Gasteiger partial charge is 0.391 e. The Balaban J connectivity index is 1.77. The molecule has 2 N–H and O–H groups in total. The number of aliphatic hydroxyl groups excluding tert-OH is 1. The summed E-state index contributed by atoms with van der Waals surface area (Å²) in [6, 6.07) is 9.60. The molecule has 0 amide bonds. The zero-order valence-electron chi connectivity index (χ0n) is 12.8. The molecule has 2 saturated heterocycles. The highest BCUT2D eigenvalue weighted by atomic mass is 16.8. The highest BCUT2D eigenvalue weighted by Gasteiger charge is 2.57. The summed E-state index contributed by atoms with van der Waals surface area (Å²) in [5.74, 6) is -2.56. The smallest absolute Gasteiger partial charge is 0.219 e. The van der Waals surface area contributed by atoms with Gasteiger partial charge >= 0.3 is 0 Å². The van der Waals surface area contributed by atoms with Gasteiger partial charge in [0, 0.05) is 0 Å². The van der Waals surface area contributed by atoms with Crippen molar-refractivity contribution in [2.24, 2.45) is 0 Å². The Morgan fingerprint density at radius 1 is 1.23 bits per heavy atom. The summed E-state index contributed by atoms with van der Waals surface area (Å²) in [4.78, 5) is 0. The van der Waals surface area contributed by atoms with Gasteiger partial charge in [-0.1, -0.05) is 30.3 Å². The summed E-state index contributed by atoms with van der Waals surface area (Å²) in [7, 11) is 0. The summed E-state index contributed by atoms with van der Waals surface area (Å²) < 4.78 is 22.8. The van der Waals surface area contributed by atoms with Crippen LogP contribution in [-0.4, -0.2) is 53.3 Å². The maximum absolute atomic E-state index is 10.5. The lowest BCUT2D eigenvalue weighted by atomic mass is 9.97. The average molecular weight is 310 g/mol. The van der Waals surface area contributed by atoms with Crippen LogP contribution in [-0.2, 0) is 25.6 Å². The molecule has 22 heavy (non-hydrogen) atoms. The van der Waals surface area contributed by atoms with Crippen molar-refractivity contribution in [3.8, 4) is 0 Å². The second-order valence-electron chi connectivity index (χ2n) is 6.17. The van der Waals surface area contributed by atoms with E-state index in [-0.39, 0.29) is 19.3 Å². The molecule has 0 aliphatic carbocycles. The summed E-state index contributed by atoms with van der Waals surface area (Å²) in [6.45, 7) is 3.47. The third kappa shape index (κ3) is 3.03. The van der Waals surface area contributed by atoms with Gasteiger partial charge in [-0.05, 0) is 19.4 Å². The van der Waals surface area contributed by atoms with Gasteiger partial charge in [0.25, 0.3) is 0 Å². The van der Waals surface area contributed by atoms with Crippen molar-refractivity contribution < 1.29 is 29.2 Å². The van der Waals surface area contributed by atoms with E-state index in [0.29, 0.717) is 0 Å². The van der Waals surface area contributed by atoms with Crippen molar-refractivity contribution in [2.75, 3.05) is 13.2 Å². The second kappa shape index (κ2) is 5.88. The van der Waals surface area contributed by atoms with Gasteiger partial charge in [0.15, 0.2) is 5.79 Å². The van der Waals surface area contributed by atoms with Crippen molar-refractivity contribution in [2.45, 2.75) is 50.3 Å². The monoisotopic (exact) mass is 310 g/mol. The van der Waals surface area contributed by atoms with E-state index in [9.17, 15) is 10.2 Å². The Morgan fingerprint density at radius 3 is 2.64 bits per heavy atom. The van der Waals surface area contributed by atoms with E-state index < -0.39 is 30.4 Å². The second-order valence-corrected chi connectivity index (χ2v) is 6.17. The molecular weight excluding hydrogens is 288 g/mol. The van der Waals surface area contributed by atoms with Crippen LogP contribution in [0.2, 0.25) is 0 Å². The first kappa shape index (κ1) is 15.9. The maximum atomic E-state index is 10.5. The van der Waals surface area contributed by atoms with Gasteiger partial charge in [-0.25, -0.2) is 0 Å². The number of aliphatic hydroxyl groups is 2. The molecule has 0 saturated carbocycles. The fourth-order valence-electron chi connectivity index (χ4n) is 2.93. The van der Waals surface area contributed by atoms with Crippen molar-refractivity contribution in [1.29, 1.82) is 0 Å². The van der Waals surface area contributed by atoms with Crippen molar-refractivity contribution >= 4 is 0 Å². The third-order valence-electron chi connectivity index (χ3n) is 3.96. The first-order valence-electron chi connectivity index (χ1n) is 7.42. The molecule has 122 valence electrons.